The van der Waals surface area contributed by atoms with Crippen LogP contribution in [0, 0.1) is 6.92 Å². The minimum Gasteiger partial charge on any atom is -0.397 e. The maximum absolute atomic E-state index is 12.6. The SMILES string of the molecule is CC(=O)Nc1cn(CC(=O)n2c(C)cc3cccc(N)c32)nn1. The number of amides is 1. The highest BCUT2D eigenvalue weighted by atomic mass is 16.2. The predicted octanol–water partition coefficient (Wildman–Crippen LogP) is 1.42. The number of hydrogen-bond donors (Lipinski definition) is 2. The Hall–Kier alpha value is -3.16. The fourth-order valence-corrected chi connectivity index (χ4v) is 2.56. The summed E-state index contributed by atoms with van der Waals surface area (Å²) in [5, 5.41) is 11.0. The summed E-state index contributed by atoms with van der Waals surface area (Å²) < 4.78 is 2.95. The Morgan fingerprint density at radius 1 is 1.35 bits per heavy atom. The summed E-state index contributed by atoms with van der Waals surface area (Å²) in [4.78, 5) is 23.6. The number of carbonyl (C=O) groups excluding carboxylic acids is 2. The summed E-state index contributed by atoms with van der Waals surface area (Å²) in [6.07, 6.45) is 1.50. The molecule has 118 valence electrons. The zero-order valence-electron chi connectivity index (χ0n) is 12.8. The lowest BCUT2D eigenvalue weighted by Gasteiger charge is -2.08. The lowest BCUT2D eigenvalue weighted by molar-refractivity contribution is -0.114. The summed E-state index contributed by atoms with van der Waals surface area (Å²) in [7, 11) is 0. The summed E-state index contributed by atoms with van der Waals surface area (Å²) in [6.45, 7) is 3.22. The highest BCUT2D eigenvalue weighted by Gasteiger charge is 2.16. The van der Waals surface area contributed by atoms with E-state index in [1.807, 2.05) is 25.1 Å². The van der Waals surface area contributed by atoms with Crippen molar-refractivity contribution in [3.8, 4) is 0 Å². The molecule has 0 saturated heterocycles. The van der Waals surface area contributed by atoms with Gasteiger partial charge in [-0.1, -0.05) is 17.3 Å². The number of para-hydroxylation sites is 1. The first-order valence-corrected chi connectivity index (χ1v) is 7.03. The second-order valence-corrected chi connectivity index (χ2v) is 5.28. The molecule has 0 spiro atoms. The molecule has 0 aliphatic heterocycles. The molecule has 1 amide bonds. The number of fused-ring (bicyclic) bond motifs is 1. The van der Waals surface area contributed by atoms with E-state index in [9.17, 15) is 9.59 Å². The molecule has 0 radical (unpaired) electrons. The number of aromatic nitrogens is 4. The molecule has 2 heterocycles. The van der Waals surface area contributed by atoms with E-state index in [-0.39, 0.29) is 18.4 Å². The molecule has 0 unspecified atom stereocenters. The molecule has 0 aliphatic carbocycles. The van der Waals surface area contributed by atoms with Gasteiger partial charge < -0.3 is 11.1 Å². The van der Waals surface area contributed by atoms with Gasteiger partial charge in [0.15, 0.2) is 5.82 Å². The molecule has 3 N–H and O–H groups in total. The molecule has 0 aliphatic rings. The normalized spacial score (nSPS) is 10.9. The van der Waals surface area contributed by atoms with E-state index in [1.165, 1.54) is 17.8 Å². The minimum atomic E-state index is -0.247. The van der Waals surface area contributed by atoms with Crippen LogP contribution in [-0.2, 0) is 11.3 Å². The number of rotatable bonds is 3. The van der Waals surface area contributed by atoms with Gasteiger partial charge in [0.2, 0.25) is 5.91 Å². The molecule has 3 rings (SSSR count). The summed E-state index contributed by atoms with van der Waals surface area (Å²) in [6, 6.07) is 7.43. The molecule has 23 heavy (non-hydrogen) atoms. The molecule has 3 aromatic rings. The first kappa shape index (κ1) is 14.8. The third kappa shape index (κ3) is 2.78. The number of hydrogen-bond acceptors (Lipinski definition) is 5. The van der Waals surface area contributed by atoms with Gasteiger partial charge in [-0.3, -0.25) is 14.2 Å². The number of nitrogens with one attached hydrogen (secondary N) is 1. The Morgan fingerprint density at radius 3 is 2.87 bits per heavy atom. The van der Waals surface area contributed by atoms with E-state index in [0.717, 1.165) is 11.1 Å². The minimum absolute atomic E-state index is 0.00839. The topological polar surface area (TPSA) is 108 Å². The third-order valence-electron chi connectivity index (χ3n) is 3.43. The molecular formula is C15H16N6O2. The predicted molar refractivity (Wildman–Crippen MR) is 86.0 cm³/mol. The van der Waals surface area contributed by atoms with Crippen molar-refractivity contribution in [2.24, 2.45) is 0 Å². The smallest absolute Gasteiger partial charge is 0.253 e. The summed E-state index contributed by atoms with van der Waals surface area (Å²) >= 11 is 0. The van der Waals surface area contributed by atoms with Crippen LogP contribution in [0.1, 0.15) is 17.4 Å². The Morgan fingerprint density at radius 2 is 2.13 bits per heavy atom. The molecule has 8 nitrogen and oxygen atoms in total. The van der Waals surface area contributed by atoms with Crippen molar-refractivity contribution < 1.29 is 9.59 Å². The highest BCUT2D eigenvalue weighted by Crippen LogP contribution is 2.25. The van der Waals surface area contributed by atoms with Crippen molar-refractivity contribution in [2.45, 2.75) is 20.4 Å². The lowest BCUT2D eigenvalue weighted by Crippen LogP contribution is -2.19. The van der Waals surface area contributed by atoms with Gasteiger partial charge in [-0.05, 0) is 19.1 Å². The van der Waals surface area contributed by atoms with Gasteiger partial charge in [0, 0.05) is 18.0 Å². The maximum Gasteiger partial charge on any atom is 0.253 e. The van der Waals surface area contributed by atoms with Crippen molar-refractivity contribution in [3.05, 3.63) is 36.2 Å². The van der Waals surface area contributed by atoms with Gasteiger partial charge >= 0.3 is 0 Å². The zero-order valence-corrected chi connectivity index (χ0v) is 12.8. The number of anilines is 2. The van der Waals surface area contributed by atoms with Crippen LogP contribution in [0.25, 0.3) is 10.9 Å². The Kier molecular flexibility index (Phi) is 3.57. The van der Waals surface area contributed by atoms with Crippen molar-refractivity contribution >= 4 is 34.2 Å². The third-order valence-corrected chi connectivity index (χ3v) is 3.43. The van der Waals surface area contributed by atoms with Crippen molar-refractivity contribution in [2.75, 3.05) is 11.1 Å². The molecule has 0 bridgehead atoms. The van der Waals surface area contributed by atoms with Crippen LogP contribution in [-0.4, -0.2) is 31.4 Å². The van der Waals surface area contributed by atoms with Gasteiger partial charge in [0.05, 0.1) is 17.4 Å². The Balaban J connectivity index is 1.91. The highest BCUT2D eigenvalue weighted by molar-refractivity contribution is 5.99. The number of nitrogens with two attached hydrogens (primary N) is 1. The average molecular weight is 312 g/mol. The van der Waals surface area contributed by atoms with Crippen LogP contribution in [0.4, 0.5) is 11.5 Å². The van der Waals surface area contributed by atoms with Crippen LogP contribution in [0.2, 0.25) is 0 Å². The lowest BCUT2D eigenvalue weighted by atomic mass is 10.2. The van der Waals surface area contributed by atoms with Gasteiger partial charge in [-0.2, -0.15) is 0 Å². The molecule has 0 atom stereocenters. The second kappa shape index (κ2) is 5.56. The van der Waals surface area contributed by atoms with E-state index >= 15 is 0 Å². The van der Waals surface area contributed by atoms with Gasteiger partial charge in [0.25, 0.3) is 5.91 Å². The fraction of sp³-hybridized carbons (Fsp3) is 0.200. The molecule has 0 saturated carbocycles. The van der Waals surface area contributed by atoms with Crippen molar-refractivity contribution in [1.29, 1.82) is 0 Å². The second-order valence-electron chi connectivity index (χ2n) is 5.28. The number of aryl methyl sites for hydroxylation is 1. The standard InChI is InChI=1S/C15H16N6O2/c1-9-6-11-4-3-5-12(16)15(11)21(9)14(23)8-20-7-13(18-19-20)17-10(2)22/h3-7H,8,16H2,1-2H3,(H,17,22). The molecule has 1 aromatic carbocycles. The quantitative estimate of drug-likeness (QED) is 0.711. The number of nitrogens with zero attached hydrogens (tertiary/aromatic N) is 4. The van der Waals surface area contributed by atoms with E-state index in [0.29, 0.717) is 17.0 Å². The van der Waals surface area contributed by atoms with Gasteiger partial charge in [-0.15, -0.1) is 5.10 Å². The average Bonchev–Trinajstić information content (AvgIpc) is 3.02. The van der Waals surface area contributed by atoms with Crippen molar-refractivity contribution in [1.82, 2.24) is 19.6 Å². The van der Waals surface area contributed by atoms with Gasteiger partial charge in [0.1, 0.15) is 6.54 Å². The van der Waals surface area contributed by atoms with Crippen molar-refractivity contribution in [3.63, 3.8) is 0 Å². The van der Waals surface area contributed by atoms with E-state index < -0.39 is 0 Å². The van der Waals surface area contributed by atoms with Crippen LogP contribution in [0.15, 0.2) is 30.5 Å². The Bertz CT molecular complexity index is 908. The zero-order chi connectivity index (χ0) is 16.6. The largest absolute Gasteiger partial charge is 0.397 e. The maximum atomic E-state index is 12.6. The molecule has 2 aromatic heterocycles. The first-order chi connectivity index (χ1) is 11.0. The van der Waals surface area contributed by atoms with E-state index in [2.05, 4.69) is 15.6 Å². The van der Waals surface area contributed by atoms with Gasteiger partial charge in [-0.25, -0.2) is 4.68 Å². The Labute approximate surface area is 131 Å². The summed E-state index contributed by atoms with van der Waals surface area (Å²) in [5.41, 5.74) is 8.04. The van der Waals surface area contributed by atoms with Crippen LogP contribution >= 0.6 is 0 Å². The summed E-state index contributed by atoms with van der Waals surface area (Å²) in [5.74, 6) is -0.128. The number of benzene rings is 1. The molecular weight excluding hydrogens is 296 g/mol. The monoisotopic (exact) mass is 312 g/mol. The molecule has 8 heteroatoms. The first-order valence-electron chi connectivity index (χ1n) is 7.03. The fourth-order valence-electron chi connectivity index (χ4n) is 2.56. The number of nitrogen functional groups attached to an aromatic ring is 1. The molecule has 0 fully saturated rings. The van der Waals surface area contributed by atoms with E-state index in [4.69, 9.17) is 5.73 Å². The van der Waals surface area contributed by atoms with Crippen LogP contribution < -0.4 is 11.1 Å². The van der Waals surface area contributed by atoms with Crippen LogP contribution in [0.5, 0.6) is 0 Å². The number of carbonyl (C=O) groups is 2. The van der Waals surface area contributed by atoms with E-state index in [1.54, 1.807) is 10.6 Å². The van der Waals surface area contributed by atoms with Crippen LogP contribution in [0.3, 0.4) is 0 Å².